The fourth-order valence-corrected chi connectivity index (χ4v) is 4.04. The molecular formula is C24H31NO2. The molecule has 1 aliphatic rings. The second-order valence-corrected chi connectivity index (χ2v) is 8.73. The van der Waals surface area contributed by atoms with Gasteiger partial charge in [0.05, 0.1) is 7.11 Å². The molecule has 1 amide bonds. The van der Waals surface area contributed by atoms with Crippen LogP contribution in [0.5, 0.6) is 5.75 Å². The summed E-state index contributed by atoms with van der Waals surface area (Å²) in [5.74, 6) is 0.880. The molecule has 0 radical (unpaired) electrons. The summed E-state index contributed by atoms with van der Waals surface area (Å²) in [4.78, 5) is 12.7. The molecule has 2 aromatic rings. The van der Waals surface area contributed by atoms with Crippen LogP contribution in [-0.2, 0) is 10.8 Å². The van der Waals surface area contributed by atoms with Gasteiger partial charge in [0.2, 0.25) is 0 Å². The van der Waals surface area contributed by atoms with Crippen LogP contribution < -0.4 is 10.1 Å². The second kappa shape index (κ2) is 7.75. The number of hydrogen-bond donors (Lipinski definition) is 1. The molecule has 0 aliphatic heterocycles. The predicted molar refractivity (Wildman–Crippen MR) is 111 cm³/mol. The first-order valence-electron chi connectivity index (χ1n) is 9.87. The maximum absolute atomic E-state index is 12.7. The molecule has 1 aliphatic carbocycles. The van der Waals surface area contributed by atoms with Crippen molar-refractivity contribution in [3.63, 3.8) is 0 Å². The summed E-state index contributed by atoms with van der Waals surface area (Å²) in [7, 11) is 1.69. The summed E-state index contributed by atoms with van der Waals surface area (Å²) in [6.45, 7) is 7.22. The Bertz CT molecular complexity index is 764. The van der Waals surface area contributed by atoms with Crippen LogP contribution >= 0.6 is 0 Å². The lowest BCUT2D eigenvalue weighted by molar-refractivity contribution is 0.0943. The van der Waals surface area contributed by atoms with E-state index < -0.39 is 0 Å². The van der Waals surface area contributed by atoms with Gasteiger partial charge in [0.15, 0.2) is 0 Å². The van der Waals surface area contributed by atoms with Crippen LogP contribution in [0.15, 0.2) is 48.5 Å². The summed E-state index contributed by atoms with van der Waals surface area (Å²) >= 11 is 0. The fraction of sp³-hybridized carbons (Fsp3) is 0.458. The normalized spacial score (nSPS) is 16.1. The molecule has 1 N–H and O–H groups in total. The first-order valence-corrected chi connectivity index (χ1v) is 9.87. The molecule has 3 heteroatoms. The van der Waals surface area contributed by atoms with Crippen molar-refractivity contribution in [1.29, 1.82) is 0 Å². The molecule has 1 saturated carbocycles. The van der Waals surface area contributed by atoms with Gasteiger partial charge < -0.3 is 10.1 Å². The van der Waals surface area contributed by atoms with E-state index in [1.165, 1.54) is 24.0 Å². The molecule has 0 unspecified atom stereocenters. The van der Waals surface area contributed by atoms with Gasteiger partial charge in [0.1, 0.15) is 5.75 Å². The van der Waals surface area contributed by atoms with Crippen LogP contribution in [0.4, 0.5) is 0 Å². The average Bonchev–Trinajstić information content (AvgIpc) is 3.16. The number of methoxy groups -OCH3 is 1. The van der Waals surface area contributed by atoms with Crippen LogP contribution in [0, 0.1) is 0 Å². The Labute approximate surface area is 163 Å². The summed E-state index contributed by atoms with van der Waals surface area (Å²) in [5.41, 5.74) is 3.39. The largest absolute Gasteiger partial charge is 0.497 e. The topological polar surface area (TPSA) is 38.3 Å². The van der Waals surface area contributed by atoms with E-state index in [2.05, 4.69) is 50.4 Å². The zero-order valence-corrected chi connectivity index (χ0v) is 17.0. The van der Waals surface area contributed by atoms with Crippen molar-refractivity contribution in [3.05, 3.63) is 65.2 Å². The van der Waals surface area contributed by atoms with E-state index in [9.17, 15) is 4.79 Å². The van der Waals surface area contributed by atoms with E-state index in [1.807, 2.05) is 24.3 Å². The highest BCUT2D eigenvalue weighted by atomic mass is 16.5. The van der Waals surface area contributed by atoms with Crippen LogP contribution in [-0.4, -0.2) is 19.6 Å². The summed E-state index contributed by atoms with van der Waals surface area (Å²) < 4.78 is 5.28. The van der Waals surface area contributed by atoms with Gasteiger partial charge in [-0.25, -0.2) is 0 Å². The average molecular weight is 366 g/mol. The molecule has 0 atom stereocenters. The Morgan fingerprint density at radius 2 is 1.59 bits per heavy atom. The molecule has 0 saturated heterocycles. The Hall–Kier alpha value is -2.29. The van der Waals surface area contributed by atoms with E-state index in [0.29, 0.717) is 6.54 Å². The standard InChI is InChI=1S/C24H31NO2/c1-23(2,3)19-9-7-18(8-10-19)22(26)25-17-24(15-5-6-16-24)20-11-13-21(27-4)14-12-20/h7-14H,5-6,15-17H2,1-4H3,(H,25,26). The summed E-state index contributed by atoms with van der Waals surface area (Å²) in [6, 6.07) is 16.3. The molecule has 0 bridgehead atoms. The highest BCUT2D eigenvalue weighted by Gasteiger charge is 2.36. The smallest absolute Gasteiger partial charge is 0.251 e. The van der Waals surface area contributed by atoms with Gasteiger partial charge in [-0.2, -0.15) is 0 Å². The number of carbonyl (C=O) groups is 1. The van der Waals surface area contributed by atoms with Crippen LogP contribution in [0.3, 0.4) is 0 Å². The monoisotopic (exact) mass is 365 g/mol. The van der Waals surface area contributed by atoms with E-state index in [0.717, 1.165) is 24.2 Å². The maximum atomic E-state index is 12.7. The third-order valence-corrected chi connectivity index (χ3v) is 5.86. The molecule has 27 heavy (non-hydrogen) atoms. The van der Waals surface area contributed by atoms with E-state index in [1.54, 1.807) is 7.11 Å². The molecular weight excluding hydrogens is 334 g/mol. The fourth-order valence-electron chi connectivity index (χ4n) is 4.04. The van der Waals surface area contributed by atoms with Crippen molar-refractivity contribution in [2.24, 2.45) is 0 Å². The lowest BCUT2D eigenvalue weighted by Crippen LogP contribution is -2.39. The minimum absolute atomic E-state index is 0.00949. The Morgan fingerprint density at radius 3 is 2.11 bits per heavy atom. The number of carbonyl (C=O) groups excluding carboxylic acids is 1. The molecule has 2 aromatic carbocycles. The lowest BCUT2D eigenvalue weighted by atomic mass is 9.78. The highest BCUT2D eigenvalue weighted by molar-refractivity contribution is 5.94. The number of ether oxygens (including phenoxy) is 1. The SMILES string of the molecule is COc1ccc(C2(CNC(=O)c3ccc(C(C)(C)C)cc3)CCCC2)cc1. The van der Waals surface area contributed by atoms with Crippen molar-refractivity contribution in [2.45, 2.75) is 57.3 Å². The summed E-state index contributed by atoms with van der Waals surface area (Å²) in [6.07, 6.45) is 4.65. The van der Waals surface area contributed by atoms with Crippen molar-refractivity contribution in [1.82, 2.24) is 5.32 Å². The third kappa shape index (κ3) is 4.35. The Morgan fingerprint density at radius 1 is 1.00 bits per heavy atom. The number of nitrogens with one attached hydrogen (secondary N) is 1. The molecule has 144 valence electrons. The Kier molecular flexibility index (Phi) is 5.59. The van der Waals surface area contributed by atoms with Crippen molar-refractivity contribution in [2.75, 3.05) is 13.7 Å². The van der Waals surface area contributed by atoms with Gasteiger partial charge in [-0.3, -0.25) is 4.79 Å². The molecule has 0 aromatic heterocycles. The maximum Gasteiger partial charge on any atom is 0.251 e. The second-order valence-electron chi connectivity index (χ2n) is 8.73. The quantitative estimate of drug-likeness (QED) is 0.787. The number of rotatable bonds is 5. The third-order valence-electron chi connectivity index (χ3n) is 5.86. The van der Waals surface area contributed by atoms with Crippen molar-refractivity contribution in [3.8, 4) is 5.75 Å². The zero-order chi connectivity index (χ0) is 19.5. The van der Waals surface area contributed by atoms with Crippen molar-refractivity contribution < 1.29 is 9.53 Å². The Balaban J connectivity index is 1.71. The first-order chi connectivity index (χ1) is 12.8. The number of hydrogen-bond acceptors (Lipinski definition) is 2. The minimum atomic E-state index is 0.00949. The van der Waals surface area contributed by atoms with E-state index >= 15 is 0 Å². The van der Waals surface area contributed by atoms with E-state index in [4.69, 9.17) is 4.74 Å². The zero-order valence-electron chi connectivity index (χ0n) is 17.0. The number of amides is 1. The molecule has 0 heterocycles. The first kappa shape index (κ1) is 19.5. The highest BCUT2D eigenvalue weighted by Crippen LogP contribution is 2.41. The van der Waals surface area contributed by atoms with E-state index in [-0.39, 0.29) is 16.7 Å². The van der Waals surface area contributed by atoms with Gasteiger partial charge >= 0.3 is 0 Å². The lowest BCUT2D eigenvalue weighted by Gasteiger charge is -2.30. The molecule has 3 nitrogen and oxygen atoms in total. The van der Waals surface area contributed by atoms with Gasteiger partial charge in [0, 0.05) is 17.5 Å². The van der Waals surface area contributed by atoms with Gasteiger partial charge in [0.25, 0.3) is 5.91 Å². The molecule has 0 spiro atoms. The van der Waals surface area contributed by atoms with Crippen LogP contribution in [0.2, 0.25) is 0 Å². The molecule has 3 rings (SSSR count). The number of benzene rings is 2. The van der Waals surface area contributed by atoms with Gasteiger partial charge in [-0.1, -0.05) is 57.9 Å². The molecule has 1 fully saturated rings. The predicted octanol–water partition coefficient (Wildman–Crippen LogP) is 5.23. The van der Waals surface area contributed by atoms with Crippen LogP contribution in [0.1, 0.15) is 67.9 Å². The van der Waals surface area contributed by atoms with Crippen LogP contribution in [0.25, 0.3) is 0 Å². The van der Waals surface area contributed by atoms with Gasteiger partial charge in [-0.15, -0.1) is 0 Å². The van der Waals surface area contributed by atoms with Gasteiger partial charge in [-0.05, 0) is 53.6 Å². The van der Waals surface area contributed by atoms with Crippen molar-refractivity contribution >= 4 is 5.91 Å². The summed E-state index contributed by atoms with van der Waals surface area (Å²) in [5, 5.41) is 3.20. The minimum Gasteiger partial charge on any atom is -0.497 e.